The normalized spacial score (nSPS) is 13.3. The van der Waals surface area contributed by atoms with Crippen molar-refractivity contribution in [3.63, 3.8) is 0 Å². The average molecular weight is 355 g/mol. The fourth-order valence-electron chi connectivity index (χ4n) is 1.84. The van der Waals surface area contributed by atoms with E-state index in [-0.39, 0.29) is 17.0 Å². The molecule has 0 heterocycles. The fourth-order valence-corrected chi connectivity index (χ4v) is 1.84. The van der Waals surface area contributed by atoms with Crippen molar-refractivity contribution in [3.05, 3.63) is 0 Å². The third-order valence-electron chi connectivity index (χ3n) is 2.89. The third-order valence-corrected chi connectivity index (χ3v) is 2.89. The highest BCUT2D eigenvalue weighted by Gasteiger charge is 2.16. The van der Waals surface area contributed by atoms with Gasteiger partial charge in [0, 0.05) is 0 Å². The van der Waals surface area contributed by atoms with E-state index in [1.54, 1.807) is 0 Å². The van der Waals surface area contributed by atoms with Crippen molar-refractivity contribution in [1.29, 1.82) is 0 Å². The maximum Gasteiger partial charge on any atom is 0.320 e. The molecule has 0 bridgehead atoms. The van der Waals surface area contributed by atoms with E-state index in [9.17, 15) is 9.59 Å². The van der Waals surface area contributed by atoms with E-state index in [0.29, 0.717) is 32.4 Å². The van der Waals surface area contributed by atoms with Crippen LogP contribution in [0.2, 0.25) is 0 Å². The largest absolute Gasteiger partial charge is 0.480 e. The van der Waals surface area contributed by atoms with Crippen LogP contribution in [0.4, 0.5) is 0 Å². The number of carboxylic acids is 2. The first-order chi connectivity index (χ1) is 9.02. The maximum atomic E-state index is 10.9. The Balaban J connectivity index is 0. The summed E-state index contributed by atoms with van der Waals surface area (Å²) in [5.41, 5.74) is 0. The van der Waals surface area contributed by atoms with Gasteiger partial charge in [-0.1, -0.05) is 26.7 Å². The molecule has 7 heteroatoms. The highest BCUT2D eigenvalue weighted by Crippen LogP contribution is 1.98. The van der Waals surface area contributed by atoms with Gasteiger partial charge < -0.3 is 20.8 Å². The lowest BCUT2D eigenvalue weighted by Gasteiger charge is -2.15. The van der Waals surface area contributed by atoms with E-state index in [1.165, 1.54) is 0 Å². The molecule has 0 rings (SSSR count). The van der Waals surface area contributed by atoms with Crippen LogP contribution in [0, 0.1) is 0 Å². The summed E-state index contributed by atoms with van der Waals surface area (Å²) < 4.78 is 0. The van der Waals surface area contributed by atoms with Crippen molar-refractivity contribution in [2.24, 2.45) is 0 Å². The van der Waals surface area contributed by atoms with Crippen molar-refractivity contribution in [1.82, 2.24) is 10.6 Å². The molecule has 0 saturated heterocycles. The molecule has 6 nitrogen and oxygen atoms in total. The van der Waals surface area contributed by atoms with Crippen LogP contribution in [0.3, 0.4) is 0 Å². The zero-order valence-corrected chi connectivity index (χ0v) is 13.9. The zero-order chi connectivity index (χ0) is 14.7. The molecule has 0 aromatic rings. The van der Waals surface area contributed by atoms with Crippen LogP contribution >= 0.6 is 17.0 Å². The number of carboxylic acid groups (broad SMARTS) is 2. The van der Waals surface area contributed by atoms with E-state index < -0.39 is 24.0 Å². The maximum absolute atomic E-state index is 10.9. The first-order valence-electron chi connectivity index (χ1n) is 6.95. The van der Waals surface area contributed by atoms with Crippen molar-refractivity contribution in [2.45, 2.75) is 58.0 Å². The van der Waals surface area contributed by atoms with E-state index in [1.807, 2.05) is 13.8 Å². The number of carbonyl (C=O) groups is 2. The summed E-state index contributed by atoms with van der Waals surface area (Å²) in [6.45, 7) is 5.04. The minimum absolute atomic E-state index is 0. The molecular formula is C13H27BrN2O4. The first-order valence-corrected chi connectivity index (χ1v) is 6.95. The summed E-state index contributed by atoms with van der Waals surface area (Å²) in [6.07, 6.45) is 3.56. The molecule has 2 atom stereocenters. The number of rotatable bonds is 12. The molecule has 0 aliphatic rings. The van der Waals surface area contributed by atoms with Crippen LogP contribution in [0.1, 0.15) is 46.0 Å². The lowest BCUT2D eigenvalue weighted by molar-refractivity contribution is -0.140. The van der Waals surface area contributed by atoms with Crippen LogP contribution in [-0.2, 0) is 9.59 Å². The van der Waals surface area contributed by atoms with Crippen molar-refractivity contribution in [3.8, 4) is 0 Å². The summed E-state index contributed by atoms with van der Waals surface area (Å²) in [6, 6.07) is -1.01. The number of halogens is 1. The summed E-state index contributed by atoms with van der Waals surface area (Å²) in [5, 5.41) is 23.8. The van der Waals surface area contributed by atoms with Gasteiger partial charge in [-0.05, 0) is 32.4 Å². The molecule has 0 aromatic heterocycles. The molecule has 20 heavy (non-hydrogen) atoms. The van der Waals surface area contributed by atoms with Gasteiger partial charge in [-0.2, -0.15) is 0 Å². The number of hydrogen-bond donors (Lipinski definition) is 4. The van der Waals surface area contributed by atoms with Gasteiger partial charge in [0.05, 0.1) is 0 Å². The summed E-state index contributed by atoms with van der Waals surface area (Å²) in [7, 11) is 0. The van der Waals surface area contributed by atoms with Crippen molar-refractivity contribution < 1.29 is 19.8 Å². The second-order valence-electron chi connectivity index (χ2n) is 4.62. The molecule has 0 spiro atoms. The molecular weight excluding hydrogens is 328 g/mol. The van der Waals surface area contributed by atoms with E-state index >= 15 is 0 Å². The minimum Gasteiger partial charge on any atom is -0.480 e. The molecule has 0 fully saturated rings. The van der Waals surface area contributed by atoms with Crippen LogP contribution in [0.5, 0.6) is 0 Å². The molecule has 4 N–H and O–H groups in total. The van der Waals surface area contributed by atoms with Crippen LogP contribution < -0.4 is 10.6 Å². The lowest BCUT2D eigenvalue weighted by atomic mass is 10.1. The molecule has 0 amide bonds. The predicted octanol–water partition coefficient (Wildman–Crippen LogP) is 1.64. The lowest BCUT2D eigenvalue weighted by Crippen LogP contribution is -2.40. The number of aliphatic carboxylic acids is 2. The highest BCUT2D eigenvalue weighted by molar-refractivity contribution is 8.93. The van der Waals surface area contributed by atoms with Crippen molar-refractivity contribution in [2.75, 3.05) is 13.1 Å². The topological polar surface area (TPSA) is 98.7 Å². The Labute approximate surface area is 131 Å². The predicted molar refractivity (Wildman–Crippen MR) is 83.6 cm³/mol. The van der Waals surface area contributed by atoms with Gasteiger partial charge in [-0.25, -0.2) is 0 Å². The molecule has 0 aromatic carbocycles. The molecule has 2 unspecified atom stereocenters. The van der Waals surface area contributed by atoms with Gasteiger partial charge in [-0.15, -0.1) is 17.0 Å². The second-order valence-corrected chi connectivity index (χ2v) is 4.62. The van der Waals surface area contributed by atoms with Crippen LogP contribution in [0.25, 0.3) is 0 Å². The molecule has 120 valence electrons. The summed E-state index contributed by atoms with van der Waals surface area (Å²) in [4.78, 5) is 21.8. The molecule has 0 radical (unpaired) electrons. The highest BCUT2D eigenvalue weighted by atomic mass is 79.9. The summed E-state index contributed by atoms with van der Waals surface area (Å²) >= 11 is 0. The average Bonchev–Trinajstić information content (AvgIpc) is 2.35. The Morgan fingerprint density at radius 3 is 1.50 bits per heavy atom. The first kappa shape index (κ1) is 21.6. The van der Waals surface area contributed by atoms with E-state index in [2.05, 4.69) is 10.6 Å². The second kappa shape index (κ2) is 13.3. The third kappa shape index (κ3) is 10.2. The monoisotopic (exact) mass is 354 g/mol. The Morgan fingerprint density at radius 2 is 1.25 bits per heavy atom. The van der Waals surface area contributed by atoms with Crippen molar-refractivity contribution >= 4 is 28.9 Å². The quantitative estimate of drug-likeness (QED) is 0.397. The van der Waals surface area contributed by atoms with Gasteiger partial charge in [0.15, 0.2) is 0 Å². The number of nitrogens with one attached hydrogen (secondary N) is 2. The van der Waals surface area contributed by atoms with E-state index in [0.717, 1.165) is 12.8 Å². The van der Waals surface area contributed by atoms with Gasteiger partial charge in [-0.3, -0.25) is 9.59 Å². The summed E-state index contributed by atoms with van der Waals surface area (Å²) in [5.74, 6) is -1.66. The molecule has 0 aliphatic heterocycles. The Bertz CT molecular complexity index is 251. The standard InChI is InChI=1S/C13H26N2O4.BrH/c1-3-6-10(12(16)17)14-8-5-9-15-11(7-4-2)13(18)19;/h10-11,14-15H,3-9H2,1-2H3,(H,16,17)(H,18,19);1H. The van der Waals surface area contributed by atoms with Crippen LogP contribution in [-0.4, -0.2) is 47.3 Å². The van der Waals surface area contributed by atoms with E-state index in [4.69, 9.17) is 10.2 Å². The number of hydrogen-bond acceptors (Lipinski definition) is 4. The molecule has 0 aliphatic carbocycles. The van der Waals surface area contributed by atoms with Gasteiger partial charge in [0.1, 0.15) is 12.1 Å². The Morgan fingerprint density at radius 1 is 0.900 bits per heavy atom. The Hall–Kier alpha value is -0.660. The SMILES string of the molecule is Br.CCCC(NCCCNC(CCC)C(=O)O)C(=O)O. The van der Waals surface area contributed by atoms with Gasteiger partial charge in [0.2, 0.25) is 0 Å². The van der Waals surface area contributed by atoms with Crippen LogP contribution in [0.15, 0.2) is 0 Å². The zero-order valence-electron chi connectivity index (χ0n) is 12.2. The van der Waals surface area contributed by atoms with Gasteiger partial charge in [0.25, 0.3) is 0 Å². The fraction of sp³-hybridized carbons (Fsp3) is 0.846. The minimum atomic E-state index is -0.829. The Kier molecular flexibility index (Phi) is 14.4. The molecule has 0 saturated carbocycles. The smallest absolute Gasteiger partial charge is 0.320 e. The van der Waals surface area contributed by atoms with Gasteiger partial charge >= 0.3 is 11.9 Å².